The molecule has 4 rings (SSSR count). The predicted molar refractivity (Wildman–Crippen MR) is 117 cm³/mol. The van der Waals surface area contributed by atoms with E-state index in [0.717, 1.165) is 33.3 Å². The van der Waals surface area contributed by atoms with Crippen LogP contribution in [-0.4, -0.2) is 32.2 Å². The standard InChI is InChI=1S/C21H22N4O4S/c1-5-9-25-19-16(18(26)24(3)21(25)28)15(20(27)29-4)14(30-19)10-13-11(2)23-17-12(13)7-6-8-22-17/h6-8H,5,9-10H2,1-4H3,(H,22,23). The van der Waals surface area contributed by atoms with Crippen molar-refractivity contribution in [2.75, 3.05) is 7.11 Å². The molecule has 0 aliphatic carbocycles. The molecule has 0 amide bonds. The van der Waals surface area contributed by atoms with E-state index in [1.165, 1.54) is 25.5 Å². The van der Waals surface area contributed by atoms with Crippen molar-refractivity contribution >= 4 is 38.6 Å². The number of rotatable bonds is 5. The molecule has 1 N–H and O–H groups in total. The van der Waals surface area contributed by atoms with Gasteiger partial charge in [-0.2, -0.15) is 0 Å². The summed E-state index contributed by atoms with van der Waals surface area (Å²) in [6.45, 7) is 4.37. The molecular weight excluding hydrogens is 404 g/mol. The van der Waals surface area contributed by atoms with E-state index in [0.29, 0.717) is 22.7 Å². The molecular formula is C21H22N4O4S. The van der Waals surface area contributed by atoms with Gasteiger partial charge < -0.3 is 9.72 Å². The molecule has 30 heavy (non-hydrogen) atoms. The quantitative estimate of drug-likeness (QED) is 0.495. The number of thiophene rings is 1. The zero-order chi connectivity index (χ0) is 21.6. The van der Waals surface area contributed by atoms with Crippen LogP contribution in [0.5, 0.6) is 0 Å². The van der Waals surface area contributed by atoms with Crippen LogP contribution in [0.3, 0.4) is 0 Å². The van der Waals surface area contributed by atoms with E-state index in [9.17, 15) is 14.4 Å². The number of carbonyl (C=O) groups is 1. The molecule has 4 aromatic heterocycles. The van der Waals surface area contributed by atoms with E-state index >= 15 is 0 Å². The average Bonchev–Trinajstić information content (AvgIpc) is 3.27. The number of hydrogen-bond acceptors (Lipinski definition) is 6. The van der Waals surface area contributed by atoms with Crippen molar-refractivity contribution in [3.8, 4) is 0 Å². The fourth-order valence-electron chi connectivity index (χ4n) is 3.83. The summed E-state index contributed by atoms with van der Waals surface area (Å²) in [5.41, 5.74) is 2.07. The molecule has 0 aliphatic rings. The van der Waals surface area contributed by atoms with Crippen molar-refractivity contribution in [3.05, 3.63) is 60.9 Å². The van der Waals surface area contributed by atoms with Gasteiger partial charge in [-0.15, -0.1) is 11.3 Å². The monoisotopic (exact) mass is 426 g/mol. The lowest BCUT2D eigenvalue weighted by atomic mass is 10.0. The molecule has 0 unspecified atom stereocenters. The molecule has 156 valence electrons. The number of aromatic nitrogens is 4. The first-order chi connectivity index (χ1) is 14.4. The van der Waals surface area contributed by atoms with E-state index in [-0.39, 0.29) is 16.6 Å². The second-order valence-corrected chi connectivity index (χ2v) is 8.26. The van der Waals surface area contributed by atoms with Crippen LogP contribution >= 0.6 is 11.3 Å². The Hall–Kier alpha value is -3.20. The van der Waals surface area contributed by atoms with Gasteiger partial charge in [-0.3, -0.25) is 13.9 Å². The number of methoxy groups -OCH3 is 1. The lowest BCUT2D eigenvalue weighted by molar-refractivity contribution is 0.0602. The van der Waals surface area contributed by atoms with E-state index in [1.807, 2.05) is 26.0 Å². The fraction of sp³-hybridized carbons (Fsp3) is 0.333. The normalized spacial score (nSPS) is 11.5. The first-order valence-electron chi connectivity index (χ1n) is 9.64. The SMILES string of the molecule is CCCn1c(=O)n(C)c(=O)c2c(C(=O)OC)c(Cc3c(C)[nH]c4ncccc34)sc21. The van der Waals surface area contributed by atoms with Crippen LogP contribution in [0.15, 0.2) is 27.9 Å². The lowest BCUT2D eigenvalue weighted by Crippen LogP contribution is -2.38. The second-order valence-electron chi connectivity index (χ2n) is 7.18. The number of hydrogen-bond donors (Lipinski definition) is 1. The number of fused-ring (bicyclic) bond motifs is 2. The van der Waals surface area contributed by atoms with Gasteiger partial charge in [-0.05, 0) is 31.0 Å². The maximum Gasteiger partial charge on any atom is 0.339 e. The highest BCUT2D eigenvalue weighted by molar-refractivity contribution is 7.19. The number of aromatic amines is 1. The summed E-state index contributed by atoms with van der Waals surface area (Å²) in [6.07, 6.45) is 2.86. The third-order valence-electron chi connectivity index (χ3n) is 5.31. The lowest BCUT2D eigenvalue weighted by Gasteiger charge is -2.08. The van der Waals surface area contributed by atoms with E-state index in [1.54, 1.807) is 10.8 Å². The minimum absolute atomic E-state index is 0.237. The number of carbonyl (C=O) groups excluding carboxylic acids is 1. The summed E-state index contributed by atoms with van der Waals surface area (Å²) in [4.78, 5) is 47.2. The highest BCUT2D eigenvalue weighted by Gasteiger charge is 2.27. The minimum atomic E-state index is -0.578. The number of ether oxygens (including phenoxy) is 1. The summed E-state index contributed by atoms with van der Waals surface area (Å²) in [6, 6.07) is 3.83. The maximum atomic E-state index is 13.0. The molecule has 0 aromatic carbocycles. The molecule has 0 atom stereocenters. The molecule has 0 saturated carbocycles. The van der Waals surface area contributed by atoms with Crippen molar-refractivity contribution < 1.29 is 9.53 Å². The van der Waals surface area contributed by atoms with Crippen molar-refractivity contribution in [1.29, 1.82) is 0 Å². The first-order valence-corrected chi connectivity index (χ1v) is 10.5. The van der Waals surface area contributed by atoms with Gasteiger partial charge in [0.25, 0.3) is 5.56 Å². The summed E-state index contributed by atoms with van der Waals surface area (Å²) >= 11 is 1.30. The molecule has 0 fully saturated rings. The van der Waals surface area contributed by atoms with E-state index in [4.69, 9.17) is 4.74 Å². The Morgan fingerprint density at radius 3 is 2.80 bits per heavy atom. The van der Waals surface area contributed by atoms with Gasteiger partial charge in [-0.1, -0.05) is 6.92 Å². The van der Waals surface area contributed by atoms with Crippen molar-refractivity contribution in [2.45, 2.75) is 33.2 Å². The highest BCUT2D eigenvalue weighted by Crippen LogP contribution is 2.33. The highest BCUT2D eigenvalue weighted by atomic mass is 32.1. The maximum absolute atomic E-state index is 13.0. The zero-order valence-corrected chi connectivity index (χ0v) is 18.1. The molecule has 0 aliphatic heterocycles. The second kappa shape index (κ2) is 7.56. The van der Waals surface area contributed by atoms with Gasteiger partial charge in [0.2, 0.25) is 0 Å². The third-order valence-corrected chi connectivity index (χ3v) is 6.52. The van der Waals surface area contributed by atoms with Gasteiger partial charge in [0.05, 0.1) is 18.1 Å². The Balaban J connectivity index is 2.04. The van der Waals surface area contributed by atoms with Gasteiger partial charge in [0.1, 0.15) is 10.5 Å². The third kappa shape index (κ3) is 2.97. The Bertz CT molecular complexity index is 1410. The molecule has 0 spiro atoms. The molecule has 4 aromatic rings. The first kappa shape index (κ1) is 20.1. The fourth-order valence-corrected chi connectivity index (χ4v) is 5.14. The minimum Gasteiger partial charge on any atom is -0.465 e. The van der Waals surface area contributed by atoms with Gasteiger partial charge in [0, 0.05) is 42.2 Å². The van der Waals surface area contributed by atoms with Crippen LogP contribution in [0.1, 0.15) is 39.8 Å². The number of aryl methyl sites for hydroxylation is 2. The van der Waals surface area contributed by atoms with Crippen LogP contribution < -0.4 is 11.2 Å². The number of nitrogens with one attached hydrogen (secondary N) is 1. The smallest absolute Gasteiger partial charge is 0.339 e. The summed E-state index contributed by atoms with van der Waals surface area (Å²) in [5.74, 6) is -0.578. The average molecular weight is 426 g/mol. The largest absolute Gasteiger partial charge is 0.465 e. The Kier molecular flexibility index (Phi) is 5.07. The molecule has 0 bridgehead atoms. The van der Waals surface area contributed by atoms with Crippen LogP contribution in [0.4, 0.5) is 0 Å². The van der Waals surface area contributed by atoms with Crippen molar-refractivity contribution in [2.24, 2.45) is 7.05 Å². The van der Waals surface area contributed by atoms with Gasteiger partial charge in [0.15, 0.2) is 0 Å². The van der Waals surface area contributed by atoms with Crippen LogP contribution in [-0.2, 0) is 24.8 Å². The van der Waals surface area contributed by atoms with Crippen LogP contribution in [0.2, 0.25) is 0 Å². The Morgan fingerprint density at radius 2 is 2.10 bits per heavy atom. The van der Waals surface area contributed by atoms with Crippen LogP contribution in [0, 0.1) is 6.92 Å². The molecule has 8 nitrogen and oxygen atoms in total. The summed E-state index contributed by atoms with van der Waals surface area (Å²) in [5, 5.41) is 1.20. The number of esters is 1. The van der Waals surface area contributed by atoms with E-state index in [2.05, 4.69) is 9.97 Å². The van der Waals surface area contributed by atoms with Gasteiger partial charge in [-0.25, -0.2) is 14.6 Å². The summed E-state index contributed by atoms with van der Waals surface area (Å²) in [7, 11) is 2.73. The molecule has 4 heterocycles. The molecule has 0 saturated heterocycles. The number of H-pyrrole nitrogens is 1. The van der Waals surface area contributed by atoms with Gasteiger partial charge >= 0.3 is 11.7 Å². The molecule has 9 heteroatoms. The zero-order valence-electron chi connectivity index (χ0n) is 17.2. The van der Waals surface area contributed by atoms with Crippen molar-refractivity contribution in [3.63, 3.8) is 0 Å². The summed E-state index contributed by atoms with van der Waals surface area (Å²) < 4.78 is 7.65. The number of pyridine rings is 1. The van der Waals surface area contributed by atoms with Crippen LogP contribution in [0.25, 0.3) is 21.3 Å². The Morgan fingerprint density at radius 1 is 1.33 bits per heavy atom. The number of nitrogens with zero attached hydrogens (tertiary/aromatic N) is 3. The topological polar surface area (TPSA) is 99.0 Å². The molecule has 0 radical (unpaired) electrons. The predicted octanol–water partition coefficient (Wildman–Crippen LogP) is 2.73. The van der Waals surface area contributed by atoms with E-state index < -0.39 is 11.5 Å². The Labute approximate surface area is 175 Å². The van der Waals surface area contributed by atoms with Crippen molar-refractivity contribution in [1.82, 2.24) is 19.1 Å².